The lowest BCUT2D eigenvalue weighted by Crippen LogP contribution is -2.31. The lowest BCUT2D eigenvalue weighted by molar-refractivity contribution is 0.0954. The van der Waals surface area contributed by atoms with Crippen LogP contribution in [-0.2, 0) is 4.57 Å². The Labute approximate surface area is 169 Å². The molecule has 2 aromatic rings. The van der Waals surface area contributed by atoms with Crippen molar-refractivity contribution >= 4 is 18.9 Å². The van der Waals surface area contributed by atoms with Crippen molar-refractivity contribution < 1.29 is 18.8 Å². The van der Waals surface area contributed by atoms with Gasteiger partial charge in [-0.1, -0.05) is 56.5 Å². The Morgan fingerprint density at radius 3 is 1.96 bits per heavy atom. The molecule has 0 spiro atoms. The van der Waals surface area contributed by atoms with Crippen LogP contribution in [0.5, 0.6) is 11.5 Å². The van der Waals surface area contributed by atoms with Gasteiger partial charge in [0.1, 0.15) is 17.1 Å². The molecule has 0 aliphatic rings. The summed E-state index contributed by atoms with van der Waals surface area (Å²) in [4.78, 5) is 13.7. The molecule has 0 heterocycles. The number of Topliss-reactive ketones (excluding diaryl/α,β-unsaturated/α-hetero) is 1. The summed E-state index contributed by atoms with van der Waals surface area (Å²) in [5.74, 6) is 0.601. The highest BCUT2D eigenvalue weighted by molar-refractivity contribution is 7.55. The maximum absolute atomic E-state index is 13.7. The summed E-state index contributed by atoms with van der Waals surface area (Å²) in [6.45, 7) is 8.39. The van der Waals surface area contributed by atoms with E-state index < -0.39 is 13.5 Å². The van der Waals surface area contributed by atoms with Gasteiger partial charge >= 0.3 is 7.80 Å². The number of methoxy groups -OCH3 is 2. The van der Waals surface area contributed by atoms with Gasteiger partial charge in [0, 0.05) is 5.92 Å². The van der Waals surface area contributed by atoms with Gasteiger partial charge in [0.2, 0.25) is 11.4 Å². The van der Waals surface area contributed by atoms with E-state index in [2.05, 4.69) is 20.8 Å². The van der Waals surface area contributed by atoms with Crippen molar-refractivity contribution in [2.75, 3.05) is 14.2 Å². The summed E-state index contributed by atoms with van der Waals surface area (Å²) in [5, 5.41) is 0.686. The monoisotopic (exact) mass is 401 g/mol. The molecule has 0 aliphatic heterocycles. The minimum absolute atomic E-state index is 0.00959. The van der Waals surface area contributed by atoms with Crippen molar-refractivity contribution in [3.8, 4) is 11.5 Å². The number of carbonyl (C=O) groups is 1. The molecule has 3 atom stereocenters. The largest absolute Gasteiger partial charge is 0.496 e. The number of hydrogen-bond acceptors (Lipinski definition) is 4. The molecular formula is C23H30O4P+. The molecular weight excluding hydrogens is 371 g/mol. The van der Waals surface area contributed by atoms with Crippen LogP contribution < -0.4 is 14.8 Å². The van der Waals surface area contributed by atoms with Crippen LogP contribution in [-0.4, -0.2) is 25.7 Å². The molecule has 0 aromatic heterocycles. The van der Waals surface area contributed by atoms with Crippen molar-refractivity contribution in [1.29, 1.82) is 0 Å². The van der Waals surface area contributed by atoms with Gasteiger partial charge in [0.15, 0.2) is 5.30 Å². The minimum Gasteiger partial charge on any atom is -0.496 e. The summed E-state index contributed by atoms with van der Waals surface area (Å²) in [7, 11) is 1.11. The van der Waals surface area contributed by atoms with E-state index in [1.165, 1.54) is 14.2 Å². The second-order valence-electron chi connectivity index (χ2n) is 8.25. The summed E-state index contributed by atoms with van der Waals surface area (Å²) >= 11 is 0. The first-order chi connectivity index (χ1) is 13.2. The van der Waals surface area contributed by atoms with Gasteiger partial charge in [-0.3, -0.25) is 4.79 Å². The minimum atomic E-state index is -1.94. The third-order valence-electron chi connectivity index (χ3n) is 4.68. The van der Waals surface area contributed by atoms with Crippen LogP contribution in [0.2, 0.25) is 0 Å². The van der Waals surface area contributed by atoms with Crippen molar-refractivity contribution in [3.05, 3.63) is 54.1 Å². The van der Waals surface area contributed by atoms with Gasteiger partial charge in [0.25, 0.3) is 0 Å². The Kier molecular flexibility index (Phi) is 7.37. The van der Waals surface area contributed by atoms with E-state index in [-0.39, 0.29) is 17.1 Å². The first-order valence-corrected chi connectivity index (χ1v) is 10.8. The molecule has 0 aliphatic carbocycles. The number of carbonyl (C=O) groups excluding carboxylic acids is 1. The highest BCUT2D eigenvalue weighted by atomic mass is 31.1. The third-order valence-corrected chi connectivity index (χ3v) is 6.74. The van der Waals surface area contributed by atoms with E-state index in [1.54, 1.807) is 18.2 Å². The Balaban J connectivity index is 2.56. The molecule has 0 N–H and O–H groups in total. The zero-order valence-electron chi connectivity index (χ0n) is 17.6. The molecule has 0 saturated carbocycles. The molecule has 2 aromatic carbocycles. The third kappa shape index (κ3) is 5.20. The lowest BCUT2D eigenvalue weighted by Gasteiger charge is -2.25. The van der Waals surface area contributed by atoms with Crippen LogP contribution in [0.15, 0.2) is 48.5 Å². The second kappa shape index (κ2) is 9.34. The Bertz CT molecular complexity index is 802. The number of hydrogen-bond donors (Lipinski definition) is 0. The van der Waals surface area contributed by atoms with Gasteiger partial charge in [-0.2, -0.15) is 0 Å². The molecule has 3 unspecified atom stereocenters. The van der Waals surface area contributed by atoms with E-state index in [9.17, 15) is 9.36 Å². The first-order valence-electron chi connectivity index (χ1n) is 9.46. The van der Waals surface area contributed by atoms with Gasteiger partial charge < -0.3 is 9.47 Å². The Morgan fingerprint density at radius 2 is 1.50 bits per heavy atom. The van der Waals surface area contributed by atoms with E-state index in [1.807, 2.05) is 37.3 Å². The number of rotatable bonds is 8. The zero-order chi connectivity index (χ0) is 20.9. The highest BCUT2D eigenvalue weighted by Crippen LogP contribution is 2.42. The van der Waals surface area contributed by atoms with Crippen LogP contribution in [0.4, 0.5) is 0 Å². The lowest BCUT2D eigenvalue weighted by atomic mass is 9.82. The van der Waals surface area contributed by atoms with E-state index in [0.717, 1.165) is 6.42 Å². The number of ether oxygens (including phenoxy) is 2. The predicted molar refractivity (Wildman–Crippen MR) is 115 cm³/mol. The SMILES string of the molecule is COc1cccc(OC)c1C(=O)C(C(C)CC(C)(C)C)[P+](=O)c1ccccc1. The van der Waals surface area contributed by atoms with Crippen LogP contribution >= 0.6 is 7.80 Å². The molecule has 150 valence electrons. The molecule has 0 bridgehead atoms. The van der Waals surface area contributed by atoms with E-state index in [4.69, 9.17) is 9.47 Å². The second-order valence-corrected chi connectivity index (χ2v) is 9.97. The molecule has 28 heavy (non-hydrogen) atoms. The van der Waals surface area contributed by atoms with Gasteiger partial charge in [-0.15, -0.1) is 0 Å². The van der Waals surface area contributed by atoms with Gasteiger partial charge in [-0.05, 0) is 36.1 Å². The fraction of sp³-hybridized carbons (Fsp3) is 0.435. The van der Waals surface area contributed by atoms with Gasteiger partial charge in [-0.25, -0.2) is 0 Å². The summed E-state index contributed by atoms with van der Waals surface area (Å²) in [6, 6.07) is 14.5. The average molecular weight is 401 g/mol. The van der Waals surface area contributed by atoms with E-state index in [0.29, 0.717) is 22.4 Å². The molecule has 0 radical (unpaired) electrons. The van der Waals surface area contributed by atoms with Crippen LogP contribution in [0, 0.1) is 11.3 Å². The zero-order valence-corrected chi connectivity index (χ0v) is 18.5. The Hall–Kier alpha value is -2.19. The fourth-order valence-corrected chi connectivity index (χ4v) is 5.35. The number of benzene rings is 2. The molecule has 0 amide bonds. The fourth-order valence-electron chi connectivity index (χ4n) is 3.65. The Morgan fingerprint density at radius 1 is 0.964 bits per heavy atom. The normalized spacial score (nSPS) is 14.1. The molecule has 0 fully saturated rings. The highest BCUT2D eigenvalue weighted by Gasteiger charge is 2.46. The van der Waals surface area contributed by atoms with Crippen molar-refractivity contribution in [2.45, 2.75) is 39.8 Å². The number of ketones is 1. The maximum Gasteiger partial charge on any atom is 0.388 e. The van der Waals surface area contributed by atoms with Crippen molar-refractivity contribution in [1.82, 2.24) is 0 Å². The maximum atomic E-state index is 13.7. The predicted octanol–water partition coefficient (Wildman–Crippen LogP) is 5.48. The van der Waals surface area contributed by atoms with Crippen LogP contribution in [0.3, 0.4) is 0 Å². The van der Waals surface area contributed by atoms with Crippen molar-refractivity contribution in [2.24, 2.45) is 11.3 Å². The topological polar surface area (TPSA) is 52.6 Å². The van der Waals surface area contributed by atoms with E-state index >= 15 is 0 Å². The van der Waals surface area contributed by atoms with Crippen LogP contribution in [0.1, 0.15) is 44.5 Å². The molecule has 2 rings (SSSR count). The van der Waals surface area contributed by atoms with Crippen molar-refractivity contribution in [3.63, 3.8) is 0 Å². The summed E-state index contributed by atoms with van der Waals surface area (Å²) < 4.78 is 24.4. The van der Waals surface area contributed by atoms with Crippen LogP contribution in [0.25, 0.3) is 0 Å². The smallest absolute Gasteiger partial charge is 0.388 e. The summed E-state index contributed by atoms with van der Waals surface area (Å²) in [5.41, 5.74) is -0.297. The molecule has 0 saturated heterocycles. The van der Waals surface area contributed by atoms with Gasteiger partial charge in [0.05, 0.1) is 14.2 Å². The molecule has 5 heteroatoms. The standard InChI is InChI=1S/C23H30O4P/c1-16(15-23(2,3)4)22(28(25)17-11-8-7-9-12-17)21(24)20-18(26-5)13-10-14-19(20)27-6/h7-14,16,22H,15H2,1-6H3/q+1. The first kappa shape index (κ1) is 22.1. The molecule has 4 nitrogen and oxygen atoms in total. The quantitative estimate of drug-likeness (QED) is 0.434. The summed E-state index contributed by atoms with van der Waals surface area (Å²) in [6.07, 6.45) is 0.773. The average Bonchev–Trinajstić information content (AvgIpc) is 2.66.